The van der Waals surface area contributed by atoms with Crippen molar-refractivity contribution < 1.29 is 4.79 Å². The van der Waals surface area contributed by atoms with Gasteiger partial charge in [0.25, 0.3) is 0 Å². The van der Waals surface area contributed by atoms with Crippen molar-refractivity contribution in [2.45, 2.75) is 120 Å². The van der Waals surface area contributed by atoms with E-state index in [4.69, 9.17) is 0 Å². The fourth-order valence-electron chi connectivity index (χ4n) is 9.73. The molecule has 8 atom stereocenters. The van der Waals surface area contributed by atoms with Crippen molar-refractivity contribution in [3.05, 3.63) is 11.1 Å². The predicted octanol–water partition coefficient (Wildman–Crippen LogP) is 8.62. The van der Waals surface area contributed by atoms with E-state index in [9.17, 15) is 4.79 Å². The van der Waals surface area contributed by atoms with E-state index >= 15 is 0 Å². The Bertz CT molecular complexity index is 742. The molecule has 0 bridgehead atoms. The first-order valence-corrected chi connectivity index (χ1v) is 13.6. The molecule has 0 spiro atoms. The summed E-state index contributed by atoms with van der Waals surface area (Å²) in [6.45, 7) is 19.5. The molecule has 0 N–H and O–H groups in total. The lowest BCUT2D eigenvalue weighted by molar-refractivity contribution is -0.167. The van der Waals surface area contributed by atoms with Gasteiger partial charge in [0.05, 0.1) is 0 Å². The number of carbonyl (C=O) groups excluding carboxylic acids is 1. The van der Waals surface area contributed by atoms with E-state index in [1.54, 1.807) is 5.57 Å². The van der Waals surface area contributed by atoms with Gasteiger partial charge in [-0.15, -0.1) is 0 Å². The monoisotopic (exact) mass is 426 g/mol. The zero-order valence-electron chi connectivity index (χ0n) is 21.9. The second kappa shape index (κ2) is 8.02. The number of fused-ring (bicyclic) bond motifs is 5. The number of carbonyl (C=O) groups is 1. The lowest BCUT2D eigenvalue weighted by Gasteiger charge is -2.62. The summed E-state index contributed by atoms with van der Waals surface area (Å²) in [5.41, 5.74) is 4.02. The van der Waals surface area contributed by atoms with Crippen molar-refractivity contribution in [1.82, 2.24) is 0 Å². The van der Waals surface area contributed by atoms with Gasteiger partial charge in [0, 0.05) is 12.3 Å². The molecule has 0 aromatic heterocycles. The minimum atomic E-state index is 0.212. The fraction of sp³-hybridized carbons (Fsp3) is 0.900. The van der Waals surface area contributed by atoms with E-state index in [0.29, 0.717) is 29.0 Å². The molecule has 0 unspecified atom stereocenters. The van der Waals surface area contributed by atoms with E-state index in [2.05, 4.69) is 55.4 Å². The second-order valence-corrected chi connectivity index (χ2v) is 13.7. The summed E-state index contributed by atoms with van der Waals surface area (Å²) in [5, 5.41) is 0. The second-order valence-electron chi connectivity index (χ2n) is 13.7. The van der Waals surface area contributed by atoms with E-state index in [0.717, 1.165) is 24.2 Å². The van der Waals surface area contributed by atoms with Crippen LogP contribution in [0.2, 0.25) is 0 Å². The van der Waals surface area contributed by atoms with E-state index in [1.165, 1.54) is 63.4 Å². The maximum atomic E-state index is 14.0. The van der Waals surface area contributed by atoms with Gasteiger partial charge in [0.1, 0.15) is 5.78 Å². The summed E-state index contributed by atoms with van der Waals surface area (Å²) in [5.74, 6) is 4.54. The molecule has 4 saturated carbocycles. The van der Waals surface area contributed by atoms with Crippen molar-refractivity contribution in [1.29, 1.82) is 0 Å². The highest BCUT2D eigenvalue weighted by Gasteiger charge is 2.68. The highest BCUT2D eigenvalue weighted by molar-refractivity contribution is 5.85. The van der Waals surface area contributed by atoms with Gasteiger partial charge in [-0.2, -0.15) is 0 Å². The number of Topliss-reactive ketones (excluding diaryl/α,β-unsaturated/α-hetero) is 1. The Morgan fingerprint density at radius 1 is 0.968 bits per heavy atom. The van der Waals surface area contributed by atoms with Crippen LogP contribution in [0.1, 0.15) is 120 Å². The molecule has 1 heteroatoms. The van der Waals surface area contributed by atoms with Gasteiger partial charge in [-0.25, -0.2) is 0 Å². The summed E-state index contributed by atoms with van der Waals surface area (Å²) in [7, 11) is 0. The highest BCUT2D eigenvalue weighted by atomic mass is 16.1. The quantitative estimate of drug-likeness (QED) is 0.402. The molecule has 31 heavy (non-hydrogen) atoms. The summed E-state index contributed by atoms with van der Waals surface area (Å²) in [6.07, 6.45) is 12.7. The van der Waals surface area contributed by atoms with Gasteiger partial charge in [-0.1, -0.05) is 72.0 Å². The lowest BCUT2D eigenvalue weighted by Crippen LogP contribution is -2.59. The van der Waals surface area contributed by atoms with Crippen LogP contribution in [-0.4, -0.2) is 5.78 Å². The molecule has 0 radical (unpaired) electrons. The van der Waals surface area contributed by atoms with Crippen molar-refractivity contribution in [2.24, 2.45) is 51.8 Å². The van der Waals surface area contributed by atoms with Crippen LogP contribution in [0.25, 0.3) is 0 Å². The molecule has 0 aromatic rings. The average molecular weight is 427 g/mol. The van der Waals surface area contributed by atoms with Crippen molar-refractivity contribution >= 4 is 5.78 Å². The van der Waals surface area contributed by atoms with Crippen LogP contribution in [0, 0.1) is 51.8 Å². The molecular weight excluding hydrogens is 376 g/mol. The Hall–Kier alpha value is -0.590. The van der Waals surface area contributed by atoms with Crippen LogP contribution in [0.5, 0.6) is 0 Å². The lowest BCUT2D eigenvalue weighted by atomic mass is 9.41. The first-order valence-electron chi connectivity index (χ1n) is 13.6. The largest absolute Gasteiger partial charge is 0.299 e. The number of allylic oxidation sites excluding steroid dienone is 2. The van der Waals surface area contributed by atoms with Crippen molar-refractivity contribution in [2.75, 3.05) is 0 Å². The first-order chi connectivity index (χ1) is 14.5. The molecular formula is C30H50O. The molecule has 176 valence electrons. The maximum absolute atomic E-state index is 14.0. The summed E-state index contributed by atoms with van der Waals surface area (Å²) in [4.78, 5) is 14.0. The standard InChI is InChI=1S/C30H50O/c1-19(2)10-9-11-21(5)23-15-17-29(7)25-13-12-24-22(20(3)4)14-16-28(24,6)27(25)26(31)18-30(23,29)8/h19,21,23-25,27H,9-18H2,1-8H3/t21-,23-,24+,25+,27+,28+,29-,30+/m0/s1. The Morgan fingerprint density at radius 2 is 1.68 bits per heavy atom. The van der Waals surface area contributed by atoms with Crippen LogP contribution in [0.4, 0.5) is 0 Å². The van der Waals surface area contributed by atoms with Gasteiger partial charge in [-0.05, 0) is 98.2 Å². The van der Waals surface area contributed by atoms with Crippen LogP contribution in [-0.2, 0) is 4.79 Å². The molecule has 4 aliphatic rings. The Labute approximate surface area is 193 Å². The number of hydrogen-bond donors (Lipinski definition) is 0. The summed E-state index contributed by atoms with van der Waals surface area (Å²) < 4.78 is 0. The zero-order valence-corrected chi connectivity index (χ0v) is 21.9. The first kappa shape index (κ1) is 23.6. The zero-order chi connectivity index (χ0) is 22.8. The van der Waals surface area contributed by atoms with Gasteiger partial charge in [0.2, 0.25) is 0 Å². The maximum Gasteiger partial charge on any atom is 0.137 e. The molecule has 0 aromatic carbocycles. The van der Waals surface area contributed by atoms with Gasteiger partial charge < -0.3 is 0 Å². The summed E-state index contributed by atoms with van der Waals surface area (Å²) >= 11 is 0. The molecule has 4 rings (SSSR count). The SMILES string of the molecule is CC(C)=C1CC[C@]2(C)[C@@H]1CC[C@@H]1[C@@H]2C(=O)C[C@]2(C)[C@H]([C@@H](C)CCCC(C)C)CC[C@@]12C. The third kappa shape index (κ3) is 3.42. The van der Waals surface area contributed by atoms with E-state index in [1.807, 2.05) is 0 Å². The average Bonchev–Trinajstić information content (AvgIpc) is 3.15. The van der Waals surface area contributed by atoms with Gasteiger partial charge >= 0.3 is 0 Å². The minimum absolute atomic E-state index is 0.212. The molecule has 4 fully saturated rings. The van der Waals surface area contributed by atoms with Crippen LogP contribution in [0.15, 0.2) is 11.1 Å². The number of rotatable bonds is 5. The molecule has 1 nitrogen and oxygen atoms in total. The Balaban J connectivity index is 1.61. The van der Waals surface area contributed by atoms with Gasteiger partial charge in [0.15, 0.2) is 0 Å². The normalized spacial score (nSPS) is 45.5. The van der Waals surface area contributed by atoms with E-state index < -0.39 is 0 Å². The smallest absolute Gasteiger partial charge is 0.137 e. The molecule has 0 amide bonds. The van der Waals surface area contributed by atoms with Gasteiger partial charge in [-0.3, -0.25) is 4.79 Å². The minimum Gasteiger partial charge on any atom is -0.299 e. The topological polar surface area (TPSA) is 17.1 Å². The number of hydrogen-bond acceptors (Lipinski definition) is 1. The predicted molar refractivity (Wildman–Crippen MR) is 132 cm³/mol. The number of ketones is 1. The molecule has 0 saturated heterocycles. The van der Waals surface area contributed by atoms with Crippen molar-refractivity contribution in [3.63, 3.8) is 0 Å². The molecule has 0 aliphatic heterocycles. The van der Waals surface area contributed by atoms with Crippen molar-refractivity contribution in [3.8, 4) is 0 Å². The fourth-order valence-corrected chi connectivity index (χ4v) is 9.73. The molecule has 4 aliphatic carbocycles. The third-order valence-corrected chi connectivity index (χ3v) is 11.6. The van der Waals surface area contributed by atoms with Crippen LogP contribution >= 0.6 is 0 Å². The Kier molecular flexibility index (Phi) is 6.09. The Morgan fingerprint density at radius 3 is 2.32 bits per heavy atom. The highest BCUT2D eigenvalue weighted by Crippen LogP contribution is 2.73. The van der Waals surface area contributed by atoms with Crippen LogP contribution in [0.3, 0.4) is 0 Å². The van der Waals surface area contributed by atoms with E-state index in [-0.39, 0.29) is 10.8 Å². The molecule has 0 heterocycles. The third-order valence-electron chi connectivity index (χ3n) is 11.6. The van der Waals surface area contributed by atoms with Crippen LogP contribution < -0.4 is 0 Å². The summed E-state index contributed by atoms with van der Waals surface area (Å²) in [6, 6.07) is 0.